The molecule has 1 amide bonds. The van der Waals surface area contributed by atoms with Gasteiger partial charge in [0, 0.05) is 4.90 Å². The average Bonchev–Trinajstić information content (AvgIpc) is 2.98. The predicted octanol–water partition coefficient (Wildman–Crippen LogP) is 3.30. The Morgan fingerprint density at radius 2 is 2.00 bits per heavy atom. The summed E-state index contributed by atoms with van der Waals surface area (Å²) in [5, 5.41) is 0. The molecule has 0 unspecified atom stereocenters. The lowest BCUT2D eigenvalue weighted by Crippen LogP contribution is -2.23. The van der Waals surface area contributed by atoms with Gasteiger partial charge in [0.1, 0.15) is 12.1 Å². The van der Waals surface area contributed by atoms with E-state index in [1.165, 1.54) is 11.8 Å². The van der Waals surface area contributed by atoms with Crippen LogP contribution in [-0.2, 0) is 4.79 Å². The fraction of sp³-hybridized carbons (Fsp3) is 0.176. The Bertz CT molecular complexity index is 799. The van der Waals surface area contributed by atoms with Crippen molar-refractivity contribution in [1.29, 1.82) is 0 Å². The number of ether oxygens (including phenoxy) is 1. The third-order valence-electron chi connectivity index (χ3n) is 3.20. The topological polar surface area (TPSA) is 56.1 Å². The van der Waals surface area contributed by atoms with Crippen molar-refractivity contribution in [2.24, 2.45) is 0 Å². The number of amides is 1. The summed E-state index contributed by atoms with van der Waals surface area (Å²) < 4.78 is 7.05. The number of carbonyl (C=O) groups excluding carboxylic acids is 1. The molecule has 0 aliphatic rings. The van der Waals surface area contributed by atoms with Crippen LogP contribution in [0.1, 0.15) is 6.92 Å². The van der Waals surface area contributed by atoms with Gasteiger partial charge in [-0.1, -0.05) is 12.1 Å². The Morgan fingerprint density at radius 1 is 1.22 bits per heavy atom. The number of imidazole rings is 1. The van der Waals surface area contributed by atoms with Gasteiger partial charge in [-0.25, -0.2) is 9.66 Å². The first-order valence-electron chi connectivity index (χ1n) is 7.34. The van der Waals surface area contributed by atoms with E-state index in [2.05, 4.69) is 10.4 Å². The molecule has 3 rings (SSSR count). The van der Waals surface area contributed by atoms with E-state index in [0.717, 1.165) is 21.7 Å². The van der Waals surface area contributed by atoms with E-state index >= 15 is 0 Å². The molecule has 5 nitrogen and oxygen atoms in total. The number of thioether (sulfide) groups is 1. The standard InChI is InChI=1S/C17H17N3O2S/c1-2-22-13-7-9-14(10-8-13)23-11-17(21)19-20-12-18-15-5-3-4-6-16(15)20/h3-10,12H,2,11H2,1H3,(H,19,21). The van der Waals surface area contributed by atoms with Crippen molar-refractivity contribution in [3.63, 3.8) is 0 Å². The molecular weight excluding hydrogens is 310 g/mol. The lowest BCUT2D eigenvalue weighted by Gasteiger charge is -2.07. The minimum atomic E-state index is -0.0768. The van der Waals surface area contributed by atoms with Crippen molar-refractivity contribution >= 4 is 28.7 Å². The van der Waals surface area contributed by atoms with Crippen LogP contribution in [0.3, 0.4) is 0 Å². The molecule has 0 aliphatic carbocycles. The van der Waals surface area contributed by atoms with Gasteiger partial charge in [0.25, 0.3) is 0 Å². The third-order valence-corrected chi connectivity index (χ3v) is 4.22. The van der Waals surface area contributed by atoms with E-state index in [1.807, 2.05) is 55.5 Å². The Balaban J connectivity index is 1.57. The van der Waals surface area contributed by atoms with Crippen molar-refractivity contribution in [2.45, 2.75) is 11.8 Å². The van der Waals surface area contributed by atoms with Gasteiger partial charge in [-0.05, 0) is 43.3 Å². The molecule has 0 bridgehead atoms. The van der Waals surface area contributed by atoms with Crippen molar-refractivity contribution in [2.75, 3.05) is 17.8 Å². The fourth-order valence-corrected chi connectivity index (χ4v) is 2.85. The number of fused-ring (bicyclic) bond motifs is 1. The summed E-state index contributed by atoms with van der Waals surface area (Å²) in [7, 11) is 0. The molecule has 2 aromatic carbocycles. The normalized spacial score (nSPS) is 10.7. The number of nitrogens with one attached hydrogen (secondary N) is 1. The number of carbonyl (C=O) groups is 1. The van der Waals surface area contributed by atoms with Crippen LogP contribution in [0.25, 0.3) is 11.0 Å². The van der Waals surface area contributed by atoms with E-state index in [1.54, 1.807) is 11.0 Å². The van der Waals surface area contributed by atoms with E-state index in [4.69, 9.17) is 4.74 Å². The first kappa shape index (κ1) is 15.4. The zero-order chi connectivity index (χ0) is 16.1. The van der Waals surface area contributed by atoms with E-state index in [9.17, 15) is 4.79 Å². The summed E-state index contributed by atoms with van der Waals surface area (Å²) in [6.45, 7) is 2.60. The molecule has 0 radical (unpaired) electrons. The van der Waals surface area contributed by atoms with Crippen molar-refractivity contribution in [1.82, 2.24) is 9.66 Å². The lowest BCUT2D eigenvalue weighted by molar-refractivity contribution is -0.114. The lowest BCUT2D eigenvalue weighted by atomic mass is 10.3. The van der Waals surface area contributed by atoms with Gasteiger partial charge in [-0.2, -0.15) is 0 Å². The van der Waals surface area contributed by atoms with Crippen LogP contribution in [-0.4, -0.2) is 27.9 Å². The highest BCUT2D eigenvalue weighted by Crippen LogP contribution is 2.21. The summed E-state index contributed by atoms with van der Waals surface area (Å²) in [5.41, 5.74) is 4.57. The van der Waals surface area contributed by atoms with Crippen molar-refractivity contribution in [3.8, 4) is 5.75 Å². The molecule has 0 saturated carbocycles. The summed E-state index contributed by atoms with van der Waals surface area (Å²) in [6, 6.07) is 15.4. The third kappa shape index (κ3) is 3.84. The summed E-state index contributed by atoms with van der Waals surface area (Å²) in [4.78, 5) is 17.4. The molecular formula is C17H17N3O2S. The van der Waals surface area contributed by atoms with E-state index in [-0.39, 0.29) is 5.91 Å². The number of benzene rings is 2. The molecule has 3 aromatic rings. The summed E-state index contributed by atoms with van der Waals surface area (Å²) in [6.07, 6.45) is 1.62. The maximum absolute atomic E-state index is 12.1. The Kier molecular flexibility index (Phi) is 4.83. The van der Waals surface area contributed by atoms with Crippen molar-refractivity contribution in [3.05, 3.63) is 54.9 Å². The van der Waals surface area contributed by atoms with Crippen LogP contribution in [0.5, 0.6) is 5.75 Å². The zero-order valence-electron chi connectivity index (χ0n) is 12.7. The van der Waals surface area contributed by atoms with Crippen LogP contribution < -0.4 is 10.2 Å². The summed E-state index contributed by atoms with van der Waals surface area (Å²) >= 11 is 1.48. The van der Waals surface area contributed by atoms with Crippen molar-refractivity contribution < 1.29 is 9.53 Å². The van der Waals surface area contributed by atoms with Gasteiger partial charge in [0.2, 0.25) is 5.91 Å². The Morgan fingerprint density at radius 3 is 2.78 bits per heavy atom. The number of rotatable bonds is 6. The highest BCUT2D eigenvalue weighted by molar-refractivity contribution is 8.00. The van der Waals surface area contributed by atoms with E-state index < -0.39 is 0 Å². The SMILES string of the molecule is CCOc1ccc(SCC(=O)Nn2cnc3ccccc32)cc1. The fourth-order valence-electron chi connectivity index (χ4n) is 2.16. The maximum Gasteiger partial charge on any atom is 0.249 e. The minimum Gasteiger partial charge on any atom is -0.494 e. The molecule has 0 saturated heterocycles. The second-order valence-electron chi connectivity index (χ2n) is 4.83. The number of nitrogens with zero attached hydrogens (tertiary/aromatic N) is 2. The second kappa shape index (κ2) is 7.19. The predicted molar refractivity (Wildman–Crippen MR) is 92.4 cm³/mol. The molecule has 1 heterocycles. The molecule has 0 aliphatic heterocycles. The van der Waals surface area contributed by atoms with Gasteiger partial charge < -0.3 is 4.74 Å². The molecule has 0 spiro atoms. The Labute approximate surface area is 138 Å². The molecule has 6 heteroatoms. The van der Waals surface area contributed by atoms with Gasteiger partial charge >= 0.3 is 0 Å². The molecule has 1 N–H and O–H groups in total. The monoisotopic (exact) mass is 327 g/mol. The average molecular weight is 327 g/mol. The molecule has 118 valence electrons. The smallest absolute Gasteiger partial charge is 0.249 e. The van der Waals surface area contributed by atoms with Crippen LogP contribution in [0.2, 0.25) is 0 Å². The number of para-hydroxylation sites is 2. The van der Waals surface area contributed by atoms with Gasteiger partial charge in [0.05, 0.1) is 23.4 Å². The quantitative estimate of drug-likeness (QED) is 0.706. The molecule has 0 atom stereocenters. The van der Waals surface area contributed by atoms with Gasteiger partial charge in [-0.3, -0.25) is 10.2 Å². The maximum atomic E-state index is 12.1. The van der Waals surface area contributed by atoms with Crippen LogP contribution in [0, 0.1) is 0 Å². The number of hydrogen-bond acceptors (Lipinski definition) is 4. The van der Waals surface area contributed by atoms with E-state index in [0.29, 0.717) is 12.4 Å². The first-order chi connectivity index (χ1) is 11.3. The largest absolute Gasteiger partial charge is 0.494 e. The summed E-state index contributed by atoms with van der Waals surface area (Å²) in [5.74, 6) is 1.10. The highest BCUT2D eigenvalue weighted by atomic mass is 32.2. The molecule has 1 aromatic heterocycles. The first-order valence-corrected chi connectivity index (χ1v) is 8.32. The highest BCUT2D eigenvalue weighted by Gasteiger charge is 2.06. The minimum absolute atomic E-state index is 0.0768. The van der Waals surface area contributed by atoms with Gasteiger partial charge in [0.15, 0.2) is 0 Å². The van der Waals surface area contributed by atoms with Crippen LogP contribution >= 0.6 is 11.8 Å². The van der Waals surface area contributed by atoms with Gasteiger partial charge in [-0.15, -0.1) is 11.8 Å². The zero-order valence-corrected chi connectivity index (χ0v) is 13.5. The molecule has 23 heavy (non-hydrogen) atoms. The number of aromatic nitrogens is 2. The van der Waals surface area contributed by atoms with Crippen LogP contribution in [0.15, 0.2) is 59.8 Å². The van der Waals surface area contributed by atoms with Crippen LogP contribution in [0.4, 0.5) is 0 Å². The number of hydrogen-bond donors (Lipinski definition) is 1. The molecule has 0 fully saturated rings. The Hall–Kier alpha value is -2.47. The second-order valence-corrected chi connectivity index (χ2v) is 5.88.